The van der Waals surface area contributed by atoms with E-state index in [0.717, 1.165) is 5.82 Å². The van der Waals surface area contributed by atoms with Crippen molar-refractivity contribution in [3.8, 4) is 0 Å². The van der Waals surface area contributed by atoms with Gasteiger partial charge in [0.15, 0.2) is 0 Å². The summed E-state index contributed by atoms with van der Waals surface area (Å²) in [6.45, 7) is 4.52. The molecule has 9 heteroatoms. The molecule has 0 aromatic carbocycles. The molecule has 2 aromatic heterocycles. The number of aromatic nitrogens is 7. The highest BCUT2D eigenvalue weighted by molar-refractivity contribution is 7.98. The molecule has 8 nitrogen and oxygen atoms in total. The smallest absolute Gasteiger partial charge is 0.209 e. The fourth-order valence-electron chi connectivity index (χ4n) is 1.47. The van der Waals surface area contributed by atoms with Gasteiger partial charge in [0.2, 0.25) is 5.16 Å². The van der Waals surface area contributed by atoms with Crippen molar-refractivity contribution in [1.82, 2.24) is 35.0 Å². The van der Waals surface area contributed by atoms with Crippen molar-refractivity contribution in [1.29, 1.82) is 0 Å². The Morgan fingerprint density at radius 3 is 3.00 bits per heavy atom. The lowest BCUT2D eigenvalue weighted by molar-refractivity contribution is 0.262. The molecule has 0 saturated heterocycles. The number of nitrogens with zero attached hydrogens (tertiary/aromatic N) is 7. The molecule has 2 aromatic rings. The summed E-state index contributed by atoms with van der Waals surface area (Å²) >= 11 is 1.48. The maximum atomic E-state index is 8.88. The molecule has 0 aliphatic rings. The largest absolute Gasteiger partial charge is 0.394 e. The predicted octanol–water partition coefficient (Wildman–Crippen LogP) is 0.130. The van der Waals surface area contributed by atoms with Gasteiger partial charge in [0.1, 0.15) is 12.2 Å². The number of hydrogen-bond acceptors (Lipinski definition) is 7. The Hall–Kier alpha value is -1.48. The Labute approximate surface area is 108 Å². The average Bonchev–Trinajstić information content (AvgIpc) is 2.95. The van der Waals surface area contributed by atoms with Crippen molar-refractivity contribution < 1.29 is 5.11 Å². The summed E-state index contributed by atoms with van der Waals surface area (Å²) in [4.78, 5) is 4.22. The standard InChI is InChI=1S/C9H15N7OS/c1-7(2)16-8(10-6-11-16)5-18-9-12-13-14-15(9)3-4-17/h6-7,17H,3-5H2,1-2H3. The summed E-state index contributed by atoms with van der Waals surface area (Å²) < 4.78 is 3.44. The second-order valence-electron chi connectivity index (χ2n) is 3.91. The number of tetrazole rings is 1. The minimum absolute atomic E-state index is 0.0147. The Balaban J connectivity index is 2.02. The van der Waals surface area contributed by atoms with Gasteiger partial charge in [0.25, 0.3) is 0 Å². The van der Waals surface area contributed by atoms with E-state index < -0.39 is 0 Å². The zero-order chi connectivity index (χ0) is 13.0. The minimum atomic E-state index is 0.0147. The Kier molecular flexibility index (Phi) is 4.26. The molecule has 0 aliphatic carbocycles. The lowest BCUT2D eigenvalue weighted by Crippen LogP contribution is -2.08. The molecule has 0 atom stereocenters. The summed E-state index contributed by atoms with van der Waals surface area (Å²) in [6.07, 6.45) is 1.55. The molecule has 0 spiro atoms. The number of aliphatic hydroxyl groups is 1. The normalized spacial score (nSPS) is 11.3. The minimum Gasteiger partial charge on any atom is -0.394 e. The quantitative estimate of drug-likeness (QED) is 0.745. The van der Waals surface area contributed by atoms with Crippen molar-refractivity contribution in [2.45, 2.75) is 37.3 Å². The molecule has 1 N–H and O–H groups in total. The van der Waals surface area contributed by atoms with Gasteiger partial charge in [-0.3, -0.25) is 0 Å². The first-order valence-corrected chi connectivity index (χ1v) is 6.59. The molecule has 0 aliphatic heterocycles. The molecular weight excluding hydrogens is 254 g/mol. The first kappa shape index (κ1) is 13.0. The second-order valence-corrected chi connectivity index (χ2v) is 4.85. The number of aliphatic hydroxyl groups excluding tert-OH is 1. The van der Waals surface area contributed by atoms with E-state index in [2.05, 4.69) is 39.5 Å². The van der Waals surface area contributed by atoms with E-state index >= 15 is 0 Å². The molecule has 0 amide bonds. The van der Waals surface area contributed by atoms with E-state index in [4.69, 9.17) is 5.11 Å². The van der Waals surface area contributed by atoms with Crippen LogP contribution in [0.25, 0.3) is 0 Å². The summed E-state index contributed by atoms with van der Waals surface area (Å²) in [5, 5.41) is 25.0. The maximum Gasteiger partial charge on any atom is 0.209 e. The Bertz CT molecular complexity index is 495. The molecule has 0 unspecified atom stereocenters. The molecule has 18 heavy (non-hydrogen) atoms. The van der Waals surface area contributed by atoms with Crippen LogP contribution in [0, 0.1) is 0 Å². The maximum absolute atomic E-state index is 8.88. The van der Waals surface area contributed by atoms with Gasteiger partial charge in [-0.25, -0.2) is 14.3 Å². The summed E-state index contributed by atoms with van der Waals surface area (Å²) in [5.41, 5.74) is 0. The monoisotopic (exact) mass is 269 g/mol. The van der Waals surface area contributed by atoms with Crippen LogP contribution in [0.15, 0.2) is 11.5 Å². The summed E-state index contributed by atoms with van der Waals surface area (Å²) in [7, 11) is 0. The van der Waals surface area contributed by atoms with Crippen molar-refractivity contribution in [3.63, 3.8) is 0 Å². The van der Waals surface area contributed by atoms with Gasteiger partial charge >= 0.3 is 0 Å². The molecule has 0 saturated carbocycles. The first-order chi connectivity index (χ1) is 8.72. The third kappa shape index (κ3) is 2.85. The lowest BCUT2D eigenvalue weighted by Gasteiger charge is -2.08. The molecule has 0 radical (unpaired) electrons. The fourth-order valence-corrected chi connectivity index (χ4v) is 2.31. The van der Waals surface area contributed by atoms with Crippen LogP contribution in [0.2, 0.25) is 0 Å². The predicted molar refractivity (Wildman–Crippen MR) is 64.9 cm³/mol. The van der Waals surface area contributed by atoms with Crippen molar-refractivity contribution in [2.75, 3.05) is 6.61 Å². The Morgan fingerprint density at radius 2 is 2.28 bits per heavy atom. The fraction of sp³-hybridized carbons (Fsp3) is 0.667. The van der Waals surface area contributed by atoms with Gasteiger partial charge in [0, 0.05) is 6.04 Å². The van der Waals surface area contributed by atoms with Gasteiger partial charge in [-0.15, -0.1) is 5.10 Å². The average molecular weight is 269 g/mol. The highest BCUT2D eigenvalue weighted by atomic mass is 32.2. The molecule has 0 bridgehead atoms. The number of rotatable bonds is 6. The van der Waals surface area contributed by atoms with Gasteiger partial charge in [-0.1, -0.05) is 11.8 Å². The highest BCUT2D eigenvalue weighted by Crippen LogP contribution is 2.19. The van der Waals surface area contributed by atoms with Crippen molar-refractivity contribution in [2.24, 2.45) is 0 Å². The highest BCUT2D eigenvalue weighted by Gasteiger charge is 2.11. The molecular formula is C9H15N7OS. The Morgan fingerprint density at radius 1 is 1.44 bits per heavy atom. The van der Waals surface area contributed by atoms with E-state index in [1.165, 1.54) is 11.8 Å². The van der Waals surface area contributed by atoms with Crippen LogP contribution in [0.3, 0.4) is 0 Å². The second kappa shape index (κ2) is 5.91. The SMILES string of the molecule is CC(C)n1ncnc1CSc1nnnn1CCO. The van der Waals surface area contributed by atoms with Crippen LogP contribution < -0.4 is 0 Å². The van der Waals surface area contributed by atoms with E-state index in [-0.39, 0.29) is 12.6 Å². The lowest BCUT2D eigenvalue weighted by atomic mass is 10.4. The third-order valence-electron chi connectivity index (χ3n) is 2.28. The van der Waals surface area contributed by atoms with Crippen LogP contribution in [0.1, 0.15) is 25.7 Å². The van der Waals surface area contributed by atoms with Crippen LogP contribution in [-0.2, 0) is 12.3 Å². The zero-order valence-corrected chi connectivity index (χ0v) is 11.1. The van der Waals surface area contributed by atoms with Crippen LogP contribution >= 0.6 is 11.8 Å². The van der Waals surface area contributed by atoms with E-state index in [9.17, 15) is 0 Å². The van der Waals surface area contributed by atoms with E-state index in [1.807, 2.05) is 4.68 Å². The molecule has 0 fully saturated rings. The van der Waals surface area contributed by atoms with Crippen LogP contribution in [0.4, 0.5) is 0 Å². The van der Waals surface area contributed by atoms with Crippen molar-refractivity contribution in [3.05, 3.63) is 12.2 Å². The van der Waals surface area contributed by atoms with E-state index in [0.29, 0.717) is 17.5 Å². The van der Waals surface area contributed by atoms with Crippen LogP contribution in [0.5, 0.6) is 0 Å². The van der Waals surface area contributed by atoms with Gasteiger partial charge < -0.3 is 5.11 Å². The number of thioether (sulfide) groups is 1. The van der Waals surface area contributed by atoms with Gasteiger partial charge in [-0.2, -0.15) is 5.10 Å². The zero-order valence-electron chi connectivity index (χ0n) is 10.3. The van der Waals surface area contributed by atoms with E-state index in [1.54, 1.807) is 11.0 Å². The van der Waals surface area contributed by atoms with Crippen molar-refractivity contribution >= 4 is 11.8 Å². The molecule has 98 valence electrons. The molecule has 2 rings (SSSR count). The van der Waals surface area contributed by atoms with Gasteiger partial charge in [-0.05, 0) is 24.3 Å². The van der Waals surface area contributed by atoms with Gasteiger partial charge in [0.05, 0.1) is 18.9 Å². The molecule has 2 heterocycles. The van der Waals surface area contributed by atoms with Crippen LogP contribution in [-0.4, -0.2) is 46.7 Å². The first-order valence-electron chi connectivity index (χ1n) is 5.60. The third-order valence-corrected chi connectivity index (χ3v) is 3.23. The number of hydrogen-bond donors (Lipinski definition) is 1. The topological polar surface area (TPSA) is 94.5 Å². The summed E-state index contributed by atoms with van der Waals surface area (Å²) in [6, 6.07) is 0.275. The summed E-state index contributed by atoms with van der Waals surface area (Å²) in [5.74, 6) is 1.53.